The van der Waals surface area contributed by atoms with Crippen LogP contribution in [-0.4, -0.2) is 79.1 Å². The maximum absolute atomic E-state index is 12.5. The van der Waals surface area contributed by atoms with Crippen LogP contribution in [0.5, 0.6) is 0 Å². The lowest BCUT2D eigenvalue weighted by atomic mass is 10.1. The van der Waals surface area contributed by atoms with E-state index in [0.717, 1.165) is 45.7 Å². The largest absolute Gasteiger partial charge is 0.323 e. The van der Waals surface area contributed by atoms with E-state index in [0.29, 0.717) is 12.1 Å². The van der Waals surface area contributed by atoms with Gasteiger partial charge in [0.2, 0.25) is 0 Å². The molecule has 2 amide bonds. The first-order valence-electron chi connectivity index (χ1n) is 7.22. The molecule has 0 aromatic heterocycles. The highest BCUT2D eigenvalue weighted by atomic mass is 16.2. The van der Waals surface area contributed by atoms with Crippen LogP contribution in [0.2, 0.25) is 0 Å². The number of hydrogen-bond donors (Lipinski definition) is 1. The Balaban J connectivity index is 1.63. The first-order chi connectivity index (χ1) is 8.75. The van der Waals surface area contributed by atoms with E-state index >= 15 is 0 Å². The van der Waals surface area contributed by atoms with Crippen molar-refractivity contribution in [2.24, 2.45) is 0 Å². The molecule has 1 N–H and O–H groups in total. The fraction of sp³-hybridized carbons (Fsp3) is 0.923. The number of amides is 2. The van der Waals surface area contributed by atoms with Crippen molar-refractivity contribution < 1.29 is 4.79 Å². The fourth-order valence-corrected chi connectivity index (χ4v) is 3.54. The van der Waals surface area contributed by atoms with Gasteiger partial charge in [0, 0.05) is 51.4 Å². The summed E-state index contributed by atoms with van der Waals surface area (Å²) in [5.41, 5.74) is 0. The summed E-state index contributed by atoms with van der Waals surface area (Å²) in [4.78, 5) is 19.1. The lowest BCUT2D eigenvalue weighted by Gasteiger charge is -2.34. The Morgan fingerprint density at radius 2 is 1.72 bits per heavy atom. The molecule has 3 aliphatic heterocycles. The van der Waals surface area contributed by atoms with E-state index in [4.69, 9.17) is 0 Å². The van der Waals surface area contributed by atoms with Crippen molar-refractivity contribution in [3.8, 4) is 0 Å². The van der Waals surface area contributed by atoms with Crippen LogP contribution >= 0.6 is 0 Å². The number of likely N-dealkylation sites (N-methyl/N-ethyl adjacent to an activating group) is 1. The fourth-order valence-electron chi connectivity index (χ4n) is 3.54. The molecule has 3 saturated heterocycles. The molecule has 0 saturated carbocycles. The number of nitrogens with one attached hydrogen (secondary N) is 1. The summed E-state index contributed by atoms with van der Waals surface area (Å²) >= 11 is 0. The van der Waals surface area contributed by atoms with Crippen LogP contribution in [0.3, 0.4) is 0 Å². The zero-order chi connectivity index (χ0) is 12.5. The zero-order valence-corrected chi connectivity index (χ0v) is 11.3. The minimum Gasteiger partial charge on any atom is -0.323 e. The minimum atomic E-state index is 0.262. The van der Waals surface area contributed by atoms with Gasteiger partial charge in [0.05, 0.1) is 0 Å². The van der Waals surface area contributed by atoms with Crippen LogP contribution in [0, 0.1) is 0 Å². The van der Waals surface area contributed by atoms with E-state index in [-0.39, 0.29) is 6.03 Å². The van der Waals surface area contributed by atoms with Crippen LogP contribution in [0.4, 0.5) is 4.79 Å². The summed E-state index contributed by atoms with van der Waals surface area (Å²) in [6.07, 6.45) is 3.72. The van der Waals surface area contributed by atoms with E-state index in [1.807, 2.05) is 4.90 Å². The molecule has 18 heavy (non-hydrogen) atoms. The Labute approximate surface area is 109 Å². The van der Waals surface area contributed by atoms with E-state index in [1.165, 1.54) is 12.8 Å². The molecule has 0 aromatic rings. The first-order valence-corrected chi connectivity index (χ1v) is 7.22. The number of fused-ring (bicyclic) bond motifs is 2. The second kappa shape index (κ2) is 5.05. The maximum Gasteiger partial charge on any atom is 0.320 e. The first kappa shape index (κ1) is 12.2. The van der Waals surface area contributed by atoms with Crippen LogP contribution in [0.1, 0.15) is 19.3 Å². The topological polar surface area (TPSA) is 38.8 Å². The van der Waals surface area contributed by atoms with Crippen LogP contribution in [0.15, 0.2) is 0 Å². The second-order valence-electron chi connectivity index (χ2n) is 5.80. The van der Waals surface area contributed by atoms with E-state index in [2.05, 4.69) is 22.2 Å². The molecule has 0 spiro atoms. The molecule has 3 rings (SSSR count). The molecule has 102 valence electrons. The number of nitrogens with zero attached hydrogens (tertiary/aromatic N) is 3. The molecule has 3 heterocycles. The van der Waals surface area contributed by atoms with Gasteiger partial charge in [-0.05, 0) is 26.3 Å². The average molecular weight is 252 g/mol. The highest BCUT2D eigenvalue weighted by Crippen LogP contribution is 2.28. The summed E-state index contributed by atoms with van der Waals surface area (Å²) in [6, 6.07) is 1.55. The molecule has 2 unspecified atom stereocenters. The third-order valence-corrected chi connectivity index (χ3v) is 4.81. The molecule has 2 atom stereocenters. The highest BCUT2D eigenvalue weighted by Gasteiger charge is 2.37. The number of carbonyl (C=O) groups is 1. The van der Waals surface area contributed by atoms with Crippen molar-refractivity contribution in [3.05, 3.63) is 0 Å². The number of urea groups is 1. The van der Waals surface area contributed by atoms with Crippen molar-refractivity contribution in [1.82, 2.24) is 20.0 Å². The van der Waals surface area contributed by atoms with Crippen molar-refractivity contribution in [1.29, 1.82) is 0 Å². The van der Waals surface area contributed by atoms with E-state index < -0.39 is 0 Å². The van der Waals surface area contributed by atoms with Gasteiger partial charge in [-0.25, -0.2) is 4.79 Å². The van der Waals surface area contributed by atoms with Crippen LogP contribution < -0.4 is 5.32 Å². The van der Waals surface area contributed by atoms with Gasteiger partial charge in [-0.1, -0.05) is 0 Å². The molecular formula is C13H24N4O. The smallest absolute Gasteiger partial charge is 0.320 e. The summed E-state index contributed by atoms with van der Waals surface area (Å²) in [6.45, 7) is 5.46. The highest BCUT2D eigenvalue weighted by molar-refractivity contribution is 5.74. The molecule has 0 aliphatic carbocycles. The quantitative estimate of drug-likeness (QED) is 0.668. The SMILES string of the molecule is CN1C2CCC1CN(C(=O)N1CCNCC1)CC2. The van der Waals surface area contributed by atoms with Gasteiger partial charge in [0.25, 0.3) is 0 Å². The van der Waals surface area contributed by atoms with Crippen molar-refractivity contribution in [2.45, 2.75) is 31.3 Å². The Bertz CT molecular complexity index is 316. The predicted molar refractivity (Wildman–Crippen MR) is 70.6 cm³/mol. The molecule has 5 heteroatoms. The lowest BCUT2D eigenvalue weighted by Crippen LogP contribution is -2.53. The van der Waals surface area contributed by atoms with Gasteiger partial charge in [-0.15, -0.1) is 0 Å². The molecule has 3 fully saturated rings. The summed E-state index contributed by atoms with van der Waals surface area (Å²) in [5, 5.41) is 3.30. The van der Waals surface area contributed by atoms with Gasteiger partial charge in [-0.2, -0.15) is 0 Å². The molecule has 5 nitrogen and oxygen atoms in total. The van der Waals surface area contributed by atoms with Gasteiger partial charge in [-0.3, -0.25) is 4.90 Å². The van der Waals surface area contributed by atoms with Crippen LogP contribution in [0.25, 0.3) is 0 Å². The minimum absolute atomic E-state index is 0.262. The van der Waals surface area contributed by atoms with Crippen molar-refractivity contribution >= 4 is 6.03 Å². The van der Waals surface area contributed by atoms with E-state index in [1.54, 1.807) is 0 Å². The third-order valence-electron chi connectivity index (χ3n) is 4.81. The van der Waals surface area contributed by atoms with Crippen LogP contribution in [-0.2, 0) is 0 Å². The molecule has 2 bridgehead atoms. The summed E-state index contributed by atoms with van der Waals surface area (Å²) in [7, 11) is 2.22. The van der Waals surface area contributed by atoms with Gasteiger partial charge in [0.15, 0.2) is 0 Å². The Morgan fingerprint density at radius 3 is 2.50 bits per heavy atom. The van der Waals surface area contributed by atoms with Gasteiger partial charge >= 0.3 is 6.03 Å². The molecular weight excluding hydrogens is 228 g/mol. The lowest BCUT2D eigenvalue weighted by molar-refractivity contribution is 0.141. The van der Waals surface area contributed by atoms with Crippen molar-refractivity contribution in [2.75, 3.05) is 46.3 Å². The third kappa shape index (κ3) is 2.21. The molecule has 3 aliphatic rings. The Hall–Kier alpha value is -0.810. The zero-order valence-electron chi connectivity index (χ0n) is 11.3. The summed E-state index contributed by atoms with van der Waals surface area (Å²) in [5.74, 6) is 0. The number of piperazine rings is 1. The predicted octanol–water partition coefficient (Wildman–Crippen LogP) is 0.180. The van der Waals surface area contributed by atoms with Crippen molar-refractivity contribution in [3.63, 3.8) is 0 Å². The van der Waals surface area contributed by atoms with Gasteiger partial charge in [0.1, 0.15) is 0 Å². The number of hydrogen-bond acceptors (Lipinski definition) is 3. The average Bonchev–Trinajstić information content (AvgIpc) is 2.64. The van der Waals surface area contributed by atoms with Gasteiger partial charge < -0.3 is 15.1 Å². The Morgan fingerprint density at radius 1 is 1.00 bits per heavy atom. The Kier molecular flexibility index (Phi) is 3.43. The van der Waals surface area contributed by atoms with E-state index in [9.17, 15) is 4.79 Å². The standard InChI is InChI=1S/C13H24N4O/c1-15-11-2-3-12(15)10-17(7-4-11)13(18)16-8-5-14-6-9-16/h11-12,14H,2-10H2,1H3. The monoisotopic (exact) mass is 252 g/mol. The molecule has 0 aromatic carbocycles. The normalized spacial score (nSPS) is 33.6. The number of carbonyl (C=O) groups excluding carboxylic acids is 1. The second-order valence-corrected chi connectivity index (χ2v) is 5.80. The summed E-state index contributed by atoms with van der Waals surface area (Å²) < 4.78 is 0. The number of likely N-dealkylation sites (tertiary alicyclic amines) is 1. The molecule has 0 radical (unpaired) electrons. The maximum atomic E-state index is 12.5. The number of rotatable bonds is 0.